The molecule has 5 rings (SSSR count). The molecule has 0 radical (unpaired) electrons. The summed E-state index contributed by atoms with van der Waals surface area (Å²) in [6.45, 7) is 7.33. The highest BCUT2D eigenvalue weighted by Crippen LogP contribution is 2.50. The fourth-order valence-electron chi connectivity index (χ4n) is 5.63. The van der Waals surface area contributed by atoms with Gasteiger partial charge in [-0.3, -0.25) is 19.2 Å². The summed E-state index contributed by atoms with van der Waals surface area (Å²) in [7, 11) is 0. The second kappa shape index (κ2) is 9.22. The number of Topliss-reactive ketones (excluding diaryl/α,β-unsaturated/α-hetero) is 2. The van der Waals surface area contributed by atoms with Gasteiger partial charge >= 0.3 is 11.9 Å². The molecule has 5 aliphatic rings. The van der Waals surface area contributed by atoms with Gasteiger partial charge in [0.05, 0.1) is 11.7 Å². The molecule has 0 aromatic carbocycles. The van der Waals surface area contributed by atoms with E-state index in [1.54, 1.807) is 20.8 Å². The van der Waals surface area contributed by atoms with Gasteiger partial charge in [0.2, 0.25) is 12.1 Å². The van der Waals surface area contributed by atoms with Crippen molar-refractivity contribution in [1.82, 2.24) is 4.90 Å². The first-order valence-corrected chi connectivity index (χ1v) is 12.5. The number of nitrogens with zero attached hydrogens (tertiary/aromatic N) is 1. The van der Waals surface area contributed by atoms with Crippen LogP contribution in [-0.2, 0) is 38.2 Å². The van der Waals surface area contributed by atoms with Gasteiger partial charge in [0.25, 0.3) is 0 Å². The van der Waals surface area contributed by atoms with E-state index in [0.717, 1.165) is 6.08 Å². The van der Waals surface area contributed by atoms with Gasteiger partial charge in [-0.15, -0.1) is 0 Å². The largest absolute Gasteiger partial charge is 0.480 e. The van der Waals surface area contributed by atoms with Crippen molar-refractivity contribution in [2.75, 3.05) is 6.54 Å². The molecule has 0 bridgehead atoms. The number of hydrogen-bond donors (Lipinski definition) is 3. The third-order valence-electron chi connectivity index (χ3n) is 7.85. The first kappa shape index (κ1) is 27.4. The number of hydrogen-bond acceptors (Lipinski definition) is 11. The maximum atomic E-state index is 13.9. The number of aliphatic carboxylic acids is 1. The van der Waals surface area contributed by atoms with Crippen LogP contribution in [0.4, 0.5) is 0 Å². The van der Waals surface area contributed by atoms with E-state index in [0.29, 0.717) is 11.4 Å². The molecule has 40 heavy (non-hydrogen) atoms. The normalized spacial score (nSPS) is 31.7. The van der Waals surface area contributed by atoms with Crippen molar-refractivity contribution >= 4 is 29.3 Å². The van der Waals surface area contributed by atoms with Crippen molar-refractivity contribution in [3.63, 3.8) is 0 Å². The molecular formula is C28H27NO11. The quantitative estimate of drug-likeness (QED) is 0.325. The van der Waals surface area contributed by atoms with Crippen LogP contribution >= 0.6 is 0 Å². The van der Waals surface area contributed by atoms with Gasteiger partial charge in [0, 0.05) is 39.3 Å². The molecule has 5 atom stereocenters. The Bertz CT molecular complexity index is 1500. The van der Waals surface area contributed by atoms with E-state index in [1.165, 1.54) is 30.9 Å². The van der Waals surface area contributed by atoms with E-state index in [9.17, 15) is 39.3 Å². The second-order valence-electron chi connectivity index (χ2n) is 10.2. The number of aliphatic hydroxyl groups excluding tert-OH is 1. The molecule has 210 valence electrons. The zero-order valence-electron chi connectivity index (χ0n) is 22.3. The molecule has 3 aliphatic heterocycles. The van der Waals surface area contributed by atoms with E-state index >= 15 is 0 Å². The number of rotatable bonds is 4. The van der Waals surface area contributed by atoms with Crippen molar-refractivity contribution in [3.05, 3.63) is 68.8 Å². The zero-order chi connectivity index (χ0) is 29.4. The number of carboxylic acids is 1. The van der Waals surface area contributed by atoms with Gasteiger partial charge in [-0.2, -0.15) is 0 Å². The van der Waals surface area contributed by atoms with Crippen molar-refractivity contribution in [3.8, 4) is 0 Å². The molecule has 3 N–H and O–H groups in total. The predicted molar refractivity (Wildman–Crippen MR) is 134 cm³/mol. The zero-order valence-corrected chi connectivity index (χ0v) is 22.3. The summed E-state index contributed by atoms with van der Waals surface area (Å²) in [4.78, 5) is 66.2. The first-order chi connectivity index (χ1) is 18.7. The smallest absolute Gasteiger partial charge is 0.333 e. The lowest BCUT2D eigenvalue weighted by Crippen LogP contribution is -2.66. The van der Waals surface area contributed by atoms with Crippen molar-refractivity contribution in [2.24, 2.45) is 0 Å². The summed E-state index contributed by atoms with van der Waals surface area (Å²) in [6, 6.07) is 0. The summed E-state index contributed by atoms with van der Waals surface area (Å²) in [6.07, 6.45) is -2.16. The van der Waals surface area contributed by atoms with Gasteiger partial charge in [-0.25, -0.2) is 4.79 Å². The van der Waals surface area contributed by atoms with Gasteiger partial charge in [0.15, 0.2) is 29.0 Å². The standard InChI is InChI=1S/C28H27NO11/c1-6-10(2)26(36)39-23-13(5)38-27-28(37,25(23)35)20-16(30)8-15-19(22(34)24(20)40-27)14-7-11(3)29(9-17(31)32)12(4)18(14)21(15)33/h6-8,13,23,25,27,35,37H,9H2,1-5H3,(H,31,32). The number of ether oxygens (including phenoxy) is 3. The highest BCUT2D eigenvalue weighted by Gasteiger charge is 2.66. The van der Waals surface area contributed by atoms with Crippen LogP contribution in [0.15, 0.2) is 68.8 Å². The first-order valence-electron chi connectivity index (χ1n) is 12.5. The van der Waals surface area contributed by atoms with Gasteiger partial charge in [0.1, 0.15) is 12.6 Å². The average molecular weight is 554 g/mol. The van der Waals surface area contributed by atoms with Crippen molar-refractivity contribution in [1.29, 1.82) is 0 Å². The lowest BCUT2D eigenvalue weighted by atomic mass is 9.79. The van der Waals surface area contributed by atoms with E-state index in [1.807, 2.05) is 0 Å². The van der Waals surface area contributed by atoms with Crippen LogP contribution < -0.4 is 0 Å². The molecule has 1 fully saturated rings. The lowest BCUT2D eigenvalue weighted by molar-refractivity contribution is -0.301. The average Bonchev–Trinajstić information content (AvgIpc) is 3.30. The number of allylic oxidation sites excluding steroid dienone is 9. The van der Waals surface area contributed by atoms with Gasteiger partial charge in [-0.1, -0.05) is 6.08 Å². The Balaban J connectivity index is 1.62. The highest BCUT2D eigenvalue weighted by atomic mass is 16.7. The minimum atomic E-state index is -2.60. The second-order valence-corrected chi connectivity index (χ2v) is 10.2. The fraction of sp³-hybridized carbons (Fsp3) is 0.393. The minimum absolute atomic E-state index is 0.0728. The van der Waals surface area contributed by atoms with Crippen molar-refractivity contribution < 1.29 is 53.5 Å². The Hall–Kier alpha value is -4.13. The number of aliphatic hydroxyl groups is 2. The van der Waals surface area contributed by atoms with Crippen molar-refractivity contribution in [2.45, 2.75) is 64.8 Å². The topological polar surface area (TPSA) is 177 Å². The number of ketones is 3. The molecule has 0 aromatic rings. The van der Waals surface area contributed by atoms with Gasteiger partial charge < -0.3 is 34.4 Å². The van der Waals surface area contributed by atoms with Crippen LogP contribution in [-0.4, -0.2) is 86.3 Å². The van der Waals surface area contributed by atoms with E-state index in [-0.39, 0.29) is 27.9 Å². The Morgan fingerprint density at radius 3 is 2.45 bits per heavy atom. The van der Waals surface area contributed by atoms with Crippen LogP contribution in [0.2, 0.25) is 0 Å². The summed E-state index contributed by atoms with van der Waals surface area (Å²) < 4.78 is 16.8. The van der Waals surface area contributed by atoms with Crippen LogP contribution in [0, 0.1) is 0 Å². The number of fused-ring (bicyclic) bond motifs is 4. The number of carboxylic acid groups (broad SMARTS) is 1. The van der Waals surface area contributed by atoms with E-state index in [4.69, 9.17) is 14.2 Å². The van der Waals surface area contributed by atoms with E-state index in [2.05, 4.69) is 0 Å². The Morgan fingerprint density at radius 1 is 1.15 bits per heavy atom. The SMILES string of the molecule is CC=C(C)C(=O)OC1C(C)OC2OC3=C(C(=O)C=C4C(=O)C5=C(C)N(CC(=O)O)C(C)=CC5=C4C3=O)C2(O)C1O. The molecule has 12 nitrogen and oxygen atoms in total. The summed E-state index contributed by atoms with van der Waals surface area (Å²) in [5, 5.41) is 32.2. The minimum Gasteiger partial charge on any atom is -0.480 e. The molecule has 5 unspecified atom stereocenters. The maximum absolute atomic E-state index is 13.9. The summed E-state index contributed by atoms with van der Waals surface area (Å²) >= 11 is 0. The molecular weight excluding hydrogens is 526 g/mol. The van der Waals surface area contributed by atoms with E-state index < -0.39 is 77.4 Å². The lowest BCUT2D eigenvalue weighted by Gasteiger charge is -2.45. The molecule has 2 aliphatic carbocycles. The summed E-state index contributed by atoms with van der Waals surface area (Å²) in [5.41, 5.74) is -2.36. The van der Waals surface area contributed by atoms with Crippen LogP contribution in [0.3, 0.4) is 0 Å². The molecule has 1 saturated heterocycles. The van der Waals surface area contributed by atoms with Crippen LogP contribution in [0.5, 0.6) is 0 Å². The third kappa shape index (κ3) is 3.67. The third-order valence-corrected chi connectivity index (χ3v) is 7.85. The molecule has 0 saturated carbocycles. The monoisotopic (exact) mass is 553 g/mol. The Kier molecular flexibility index (Phi) is 6.32. The van der Waals surface area contributed by atoms with Gasteiger partial charge in [-0.05, 0) is 46.8 Å². The molecule has 12 heteroatoms. The summed E-state index contributed by atoms with van der Waals surface area (Å²) in [5.74, 6) is -5.04. The Morgan fingerprint density at radius 2 is 1.82 bits per heavy atom. The molecule has 0 spiro atoms. The Labute approximate surface area is 228 Å². The number of carbonyl (C=O) groups is 5. The molecule has 0 amide bonds. The predicted octanol–water partition coefficient (Wildman–Crippen LogP) is 0.521. The number of esters is 1. The number of carbonyl (C=O) groups excluding carboxylic acids is 4. The molecule has 0 aromatic heterocycles. The van der Waals surface area contributed by atoms with Crippen LogP contribution in [0.25, 0.3) is 0 Å². The fourth-order valence-corrected chi connectivity index (χ4v) is 5.63. The highest BCUT2D eigenvalue weighted by molar-refractivity contribution is 6.34. The van der Waals surface area contributed by atoms with Crippen LogP contribution in [0.1, 0.15) is 34.6 Å². The maximum Gasteiger partial charge on any atom is 0.333 e. The molecule has 3 heterocycles.